The lowest BCUT2D eigenvalue weighted by atomic mass is 10.0. The molecule has 2 aromatic heterocycles. The number of nitrogens with one attached hydrogen (secondary N) is 2. The Bertz CT molecular complexity index is 967. The van der Waals surface area contributed by atoms with E-state index in [0.717, 1.165) is 43.4 Å². The fourth-order valence-electron chi connectivity index (χ4n) is 3.92. The highest BCUT2D eigenvalue weighted by molar-refractivity contribution is 5.94. The number of aryl methyl sites for hydroxylation is 2. The van der Waals surface area contributed by atoms with Crippen molar-refractivity contribution in [2.24, 2.45) is 0 Å². The van der Waals surface area contributed by atoms with Crippen LogP contribution in [-0.4, -0.2) is 35.0 Å². The Hall–Kier alpha value is -3.14. The lowest BCUT2D eigenvalue weighted by Crippen LogP contribution is -2.46. The van der Waals surface area contributed by atoms with E-state index in [1.807, 2.05) is 0 Å². The van der Waals surface area contributed by atoms with Gasteiger partial charge in [-0.2, -0.15) is 5.26 Å². The monoisotopic (exact) mass is 363 g/mol. The topological polar surface area (TPSA) is 102 Å². The molecule has 1 saturated heterocycles. The lowest BCUT2D eigenvalue weighted by Gasteiger charge is -2.33. The van der Waals surface area contributed by atoms with Crippen LogP contribution in [0.25, 0.3) is 0 Å². The molecule has 0 radical (unpaired) electrons. The molecule has 1 amide bonds. The van der Waals surface area contributed by atoms with E-state index in [1.165, 1.54) is 0 Å². The van der Waals surface area contributed by atoms with E-state index in [2.05, 4.69) is 26.3 Å². The van der Waals surface area contributed by atoms with E-state index in [4.69, 9.17) is 0 Å². The van der Waals surface area contributed by atoms with Crippen molar-refractivity contribution in [3.05, 3.63) is 57.1 Å². The summed E-state index contributed by atoms with van der Waals surface area (Å²) in [5, 5.41) is 12.2. The number of hydrogen-bond donors (Lipinski definition) is 2. The Kier molecular flexibility index (Phi) is 4.63. The predicted octanol–water partition coefficient (Wildman–Crippen LogP) is 1.53. The van der Waals surface area contributed by atoms with Crippen molar-refractivity contribution in [2.45, 2.75) is 38.1 Å². The van der Waals surface area contributed by atoms with Gasteiger partial charge in [0.2, 0.25) is 0 Å². The van der Waals surface area contributed by atoms with Crippen LogP contribution >= 0.6 is 0 Å². The van der Waals surface area contributed by atoms with Gasteiger partial charge in [0.15, 0.2) is 0 Å². The molecular formula is C20H21N5O2. The molecule has 0 atom stereocenters. The van der Waals surface area contributed by atoms with Gasteiger partial charge in [-0.15, -0.1) is 0 Å². The number of hydrogen-bond acceptors (Lipinski definition) is 5. The molecule has 7 heteroatoms. The first-order valence-electron chi connectivity index (χ1n) is 9.31. The third-order valence-electron chi connectivity index (χ3n) is 5.37. The van der Waals surface area contributed by atoms with Crippen molar-refractivity contribution in [3.63, 3.8) is 0 Å². The van der Waals surface area contributed by atoms with Gasteiger partial charge in [-0.05, 0) is 55.9 Å². The molecule has 0 unspecified atom stereocenters. The van der Waals surface area contributed by atoms with Gasteiger partial charge in [-0.3, -0.25) is 9.59 Å². The minimum Gasteiger partial charge on any atom is -0.355 e. The maximum Gasteiger partial charge on any atom is 0.261 e. The van der Waals surface area contributed by atoms with Gasteiger partial charge in [0.1, 0.15) is 17.5 Å². The van der Waals surface area contributed by atoms with Crippen molar-refractivity contribution < 1.29 is 4.79 Å². The number of carbonyl (C=O) groups is 1. The van der Waals surface area contributed by atoms with Crippen LogP contribution in [0.1, 0.15) is 46.4 Å². The highest BCUT2D eigenvalue weighted by Crippen LogP contribution is 2.22. The molecule has 27 heavy (non-hydrogen) atoms. The van der Waals surface area contributed by atoms with Crippen molar-refractivity contribution in [1.29, 1.82) is 5.26 Å². The number of aromatic amines is 1. The number of H-pyrrole nitrogens is 1. The molecule has 1 fully saturated rings. The van der Waals surface area contributed by atoms with E-state index < -0.39 is 0 Å². The van der Waals surface area contributed by atoms with Gasteiger partial charge in [-0.25, -0.2) is 4.98 Å². The Labute approximate surface area is 157 Å². The minimum absolute atomic E-state index is 0.00986. The molecule has 0 saturated carbocycles. The van der Waals surface area contributed by atoms with Gasteiger partial charge in [0, 0.05) is 31.0 Å². The van der Waals surface area contributed by atoms with Gasteiger partial charge >= 0.3 is 0 Å². The van der Waals surface area contributed by atoms with Crippen LogP contribution in [-0.2, 0) is 12.8 Å². The fourth-order valence-corrected chi connectivity index (χ4v) is 3.92. The summed E-state index contributed by atoms with van der Waals surface area (Å²) in [5.74, 6) is 0.389. The second kappa shape index (κ2) is 7.23. The summed E-state index contributed by atoms with van der Waals surface area (Å²) in [4.78, 5) is 34.0. The molecule has 2 aliphatic rings. The summed E-state index contributed by atoms with van der Waals surface area (Å²) >= 11 is 0. The molecule has 2 N–H and O–H groups in total. The molecule has 0 spiro atoms. The van der Waals surface area contributed by atoms with Crippen LogP contribution < -0.4 is 15.8 Å². The number of nitriles is 1. The number of carbonyl (C=O) groups excluding carboxylic acids is 1. The van der Waals surface area contributed by atoms with Crippen molar-refractivity contribution in [2.75, 3.05) is 18.0 Å². The van der Waals surface area contributed by atoms with E-state index >= 15 is 0 Å². The highest BCUT2D eigenvalue weighted by atomic mass is 16.2. The summed E-state index contributed by atoms with van der Waals surface area (Å²) < 4.78 is 0. The number of fused-ring (bicyclic) bond motifs is 1. The van der Waals surface area contributed by atoms with Crippen LogP contribution in [0.2, 0.25) is 0 Å². The normalized spacial score (nSPS) is 16.6. The van der Waals surface area contributed by atoms with Gasteiger partial charge < -0.3 is 15.2 Å². The SMILES string of the molecule is N#Cc1cccnc1N1CCC(NC(=O)c2cc3c([nH]c2=O)CCC3)CC1. The van der Waals surface area contributed by atoms with Crippen molar-refractivity contribution in [1.82, 2.24) is 15.3 Å². The van der Waals surface area contributed by atoms with Gasteiger partial charge in [-0.1, -0.05) is 0 Å². The van der Waals surface area contributed by atoms with Crippen LogP contribution in [0.3, 0.4) is 0 Å². The molecule has 7 nitrogen and oxygen atoms in total. The molecule has 138 valence electrons. The van der Waals surface area contributed by atoms with Crippen LogP contribution in [0.5, 0.6) is 0 Å². The Balaban J connectivity index is 1.40. The molecular weight excluding hydrogens is 342 g/mol. The van der Waals surface area contributed by atoms with E-state index in [0.29, 0.717) is 24.5 Å². The number of pyridine rings is 2. The van der Waals surface area contributed by atoms with E-state index in [1.54, 1.807) is 24.4 Å². The van der Waals surface area contributed by atoms with Gasteiger partial charge in [0.05, 0.1) is 5.56 Å². The zero-order valence-electron chi connectivity index (χ0n) is 15.0. The third-order valence-corrected chi connectivity index (χ3v) is 5.37. The zero-order chi connectivity index (χ0) is 18.8. The summed E-state index contributed by atoms with van der Waals surface area (Å²) in [6.07, 6.45) is 5.99. The standard InChI is InChI=1S/C20H21N5O2/c21-12-14-4-2-8-22-18(14)25-9-6-15(7-10-25)23-19(26)16-11-13-3-1-5-17(13)24-20(16)27/h2,4,8,11,15H,1,3,5-7,9-10H2,(H,23,26)(H,24,27). The van der Waals surface area contributed by atoms with Crippen LogP contribution in [0, 0.1) is 11.3 Å². The number of rotatable bonds is 3. The first kappa shape index (κ1) is 17.3. The number of anilines is 1. The molecule has 1 aliphatic carbocycles. The number of aromatic nitrogens is 2. The predicted molar refractivity (Wildman–Crippen MR) is 101 cm³/mol. The van der Waals surface area contributed by atoms with E-state index in [-0.39, 0.29) is 23.1 Å². The number of nitrogens with zero attached hydrogens (tertiary/aromatic N) is 3. The first-order chi connectivity index (χ1) is 13.2. The Morgan fingerprint density at radius 2 is 2.15 bits per heavy atom. The molecule has 3 heterocycles. The molecule has 4 rings (SSSR count). The number of amides is 1. The average molecular weight is 363 g/mol. The Morgan fingerprint density at radius 3 is 2.93 bits per heavy atom. The summed E-state index contributed by atoms with van der Waals surface area (Å²) in [6, 6.07) is 7.44. The summed E-state index contributed by atoms with van der Waals surface area (Å²) in [6.45, 7) is 1.41. The summed E-state index contributed by atoms with van der Waals surface area (Å²) in [5.41, 5.74) is 2.50. The van der Waals surface area contributed by atoms with Crippen molar-refractivity contribution >= 4 is 11.7 Å². The third kappa shape index (κ3) is 3.43. The fraction of sp³-hybridized carbons (Fsp3) is 0.400. The second-order valence-electron chi connectivity index (χ2n) is 7.09. The Morgan fingerprint density at radius 1 is 1.33 bits per heavy atom. The molecule has 0 aromatic carbocycles. The maximum atomic E-state index is 12.6. The molecule has 0 bridgehead atoms. The quantitative estimate of drug-likeness (QED) is 0.861. The average Bonchev–Trinajstić information content (AvgIpc) is 3.15. The highest BCUT2D eigenvalue weighted by Gasteiger charge is 2.25. The second-order valence-corrected chi connectivity index (χ2v) is 7.09. The van der Waals surface area contributed by atoms with Gasteiger partial charge in [0.25, 0.3) is 11.5 Å². The van der Waals surface area contributed by atoms with Crippen LogP contribution in [0.15, 0.2) is 29.2 Å². The molecule has 2 aromatic rings. The van der Waals surface area contributed by atoms with E-state index in [9.17, 15) is 14.9 Å². The first-order valence-corrected chi connectivity index (χ1v) is 9.31. The zero-order valence-corrected chi connectivity index (χ0v) is 15.0. The summed E-state index contributed by atoms with van der Waals surface area (Å²) in [7, 11) is 0. The minimum atomic E-state index is -0.308. The maximum absolute atomic E-state index is 12.6. The largest absolute Gasteiger partial charge is 0.355 e. The smallest absolute Gasteiger partial charge is 0.261 e. The molecule has 1 aliphatic heterocycles. The lowest BCUT2D eigenvalue weighted by molar-refractivity contribution is 0.0929. The number of piperidine rings is 1. The van der Waals surface area contributed by atoms with Crippen molar-refractivity contribution in [3.8, 4) is 6.07 Å². The van der Waals surface area contributed by atoms with Crippen LogP contribution in [0.4, 0.5) is 5.82 Å².